The summed E-state index contributed by atoms with van der Waals surface area (Å²) in [5.74, 6) is -0.550. The molecule has 3 N–H and O–H groups in total. The fourth-order valence-corrected chi connectivity index (χ4v) is 1.43. The Hall–Kier alpha value is -0.160. The van der Waals surface area contributed by atoms with E-state index in [0.29, 0.717) is 4.47 Å². The number of nitrogens with two attached hydrogens (primary N) is 1. The van der Waals surface area contributed by atoms with Crippen molar-refractivity contribution in [3.8, 4) is 0 Å². The Labute approximate surface area is 88.6 Å². The van der Waals surface area contributed by atoms with Gasteiger partial charge in [-0.15, -0.1) is 0 Å². The first-order valence-corrected chi connectivity index (χ1v) is 4.76. The number of benzene rings is 1. The lowest BCUT2D eigenvalue weighted by Gasteiger charge is -2.10. The van der Waals surface area contributed by atoms with Crippen LogP contribution in [0.3, 0.4) is 0 Å². The predicted molar refractivity (Wildman–Crippen MR) is 53.1 cm³/mol. The van der Waals surface area contributed by atoms with Crippen LogP contribution in [0.5, 0.6) is 0 Å². The number of aliphatic hydroxyl groups excluding tert-OH is 1. The van der Waals surface area contributed by atoms with Crippen LogP contribution in [0.1, 0.15) is 11.7 Å². The van der Waals surface area contributed by atoms with Crippen LogP contribution in [-0.4, -0.2) is 11.7 Å². The van der Waals surface area contributed by atoms with Gasteiger partial charge in [-0.1, -0.05) is 11.6 Å². The van der Waals surface area contributed by atoms with E-state index in [4.69, 9.17) is 17.3 Å². The van der Waals surface area contributed by atoms with Crippen molar-refractivity contribution in [2.75, 3.05) is 6.54 Å². The van der Waals surface area contributed by atoms with Crippen molar-refractivity contribution in [3.05, 3.63) is 33.0 Å². The quantitative estimate of drug-likeness (QED) is 0.808. The summed E-state index contributed by atoms with van der Waals surface area (Å²) in [6.45, 7) is -0.0228. The van der Waals surface area contributed by atoms with Gasteiger partial charge < -0.3 is 10.8 Å². The van der Waals surface area contributed by atoms with E-state index in [1.807, 2.05) is 0 Å². The highest BCUT2D eigenvalue weighted by atomic mass is 79.9. The highest BCUT2D eigenvalue weighted by Crippen LogP contribution is 2.28. The van der Waals surface area contributed by atoms with E-state index in [1.54, 1.807) is 0 Å². The smallest absolute Gasteiger partial charge is 0.130 e. The van der Waals surface area contributed by atoms with E-state index < -0.39 is 11.9 Å². The molecule has 0 aliphatic heterocycles. The normalized spacial score (nSPS) is 13.0. The largest absolute Gasteiger partial charge is 0.387 e. The van der Waals surface area contributed by atoms with E-state index in [9.17, 15) is 9.50 Å². The van der Waals surface area contributed by atoms with Crippen molar-refractivity contribution < 1.29 is 9.50 Å². The molecule has 0 aliphatic carbocycles. The zero-order valence-corrected chi connectivity index (χ0v) is 8.94. The third kappa shape index (κ3) is 2.40. The number of aliphatic hydroxyl groups is 1. The van der Waals surface area contributed by atoms with E-state index in [1.165, 1.54) is 6.07 Å². The lowest BCUT2D eigenvalue weighted by molar-refractivity contribution is 0.182. The maximum atomic E-state index is 13.1. The Morgan fingerprint density at radius 1 is 1.62 bits per heavy atom. The monoisotopic (exact) mass is 267 g/mol. The minimum Gasteiger partial charge on any atom is -0.387 e. The van der Waals surface area contributed by atoms with Gasteiger partial charge in [-0.3, -0.25) is 0 Å². The molecule has 0 radical (unpaired) electrons. The van der Waals surface area contributed by atoms with E-state index in [0.717, 1.165) is 6.07 Å². The fraction of sp³-hybridized carbons (Fsp3) is 0.250. The summed E-state index contributed by atoms with van der Waals surface area (Å²) in [4.78, 5) is 0. The van der Waals surface area contributed by atoms with Crippen LogP contribution < -0.4 is 5.73 Å². The Balaban J connectivity index is 3.15. The summed E-state index contributed by atoms with van der Waals surface area (Å²) in [5.41, 5.74) is 5.35. The lowest BCUT2D eigenvalue weighted by Crippen LogP contribution is -2.13. The van der Waals surface area contributed by atoms with Crippen LogP contribution in [0.15, 0.2) is 16.6 Å². The molecule has 0 bridgehead atoms. The molecule has 13 heavy (non-hydrogen) atoms. The molecule has 0 heterocycles. The number of hydrogen-bond acceptors (Lipinski definition) is 2. The van der Waals surface area contributed by atoms with Gasteiger partial charge >= 0.3 is 0 Å². The van der Waals surface area contributed by atoms with Crippen LogP contribution in [0.25, 0.3) is 0 Å². The molecule has 1 atom stereocenters. The number of rotatable bonds is 2. The van der Waals surface area contributed by atoms with Crippen molar-refractivity contribution in [1.82, 2.24) is 0 Å². The molecule has 0 aliphatic rings. The molecule has 1 aromatic carbocycles. The van der Waals surface area contributed by atoms with Crippen LogP contribution >= 0.6 is 27.5 Å². The lowest BCUT2D eigenvalue weighted by atomic mass is 10.1. The van der Waals surface area contributed by atoms with Crippen molar-refractivity contribution >= 4 is 27.5 Å². The van der Waals surface area contributed by atoms with E-state index >= 15 is 0 Å². The second kappa shape index (κ2) is 4.37. The highest BCUT2D eigenvalue weighted by Gasteiger charge is 2.13. The van der Waals surface area contributed by atoms with Crippen LogP contribution in [0.2, 0.25) is 5.02 Å². The Morgan fingerprint density at radius 2 is 2.23 bits per heavy atom. The van der Waals surface area contributed by atoms with Crippen molar-refractivity contribution in [2.45, 2.75) is 6.10 Å². The molecule has 72 valence electrons. The molecule has 0 amide bonds. The third-order valence-electron chi connectivity index (χ3n) is 1.62. The fourth-order valence-electron chi connectivity index (χ4n) is 0.920. The maximum Gasteiger partial charge on any atom is 0.130 e. The summed E-state index contributed by atoms with van der Waals surface area (Å²) >= 11 is 8.76. The van der Waals surface area contributed by atoms with Gasteiger partial charge in [0, 0.05) is 16.6 Å². The van der Waals surface area contributed by atoms with Crippen LogP contribution in [0.4, 0.5) is 4.39 Å². The van der Waals surface area contributed by atoms with Gasteiger partial charge in [0.05, 0.1) is 11.1 Å². The van der Waals surface area contributed by atoms with Crippen molar-refractivity contribution in [1.29, 1.82) is 0 Å². The maximum absolute atomic E-state index is 13.1. The number of halogens is 3. The van der Waals surface area contributed by atoms with Gasteiger partial charge in [0.15, 0.2) is 0 Å². The molecule has 1 unspecified atom stereocenters. The zero-order valence-electron chi connectivity index (χ0n) is 6.60. The zero-order chi connectivity index (χ0) is 10.0. The molecular formula is C8H8BrClFNO. The van der Waals surface area contributed by atoms with E-state index in [2.05, 4.69) is 15.9 Å². The summed E-state index contributed by atoms with van der Waals surface area (Å²) < 4.78 is 13.7. The average Bonchev–Trinajstić information content (AvgIpc) is 2.10. The molecule has 0 spiro atoms. The molecular weight excluding hydrogens is 260 g/mol. The molecule has 0 saturated heterocycles. The standard InChI is InChI=1S/C8H8BrClFNO/c9-5-1-4(8(13)3-12)7(11)2-6(5)10/h1-2,8,13H,3,12H2. The minimum absolute atomic E-state index is 0.0228. The molecule has 2 nitrogen and oxygen atoms in total. The first-order chi connectivity index (χ1) is 6.06. The van der Waals surface area contributed by atoms with Crippen LogP contribution in [0, 0.1) is 5.82 Å². The minimum atomic E-state index is -0.992. The molecule has 0 saturated carbocycles. The molecule has 0 aromatic heterocycles. The van der Waals surface area contributed by atoms with Gasteiger partial charge in [-0.05, 0) is 28.1 Å². The number of hydrogen-bond donors (Lipinski definition) is 2. The molecule has 1 aromatic rings. The van der Waals surface area contributed by atoms with Gasteiger partial charge in [-0.25, -0.2) is 4.39 Å². The van der Waals surface area contributed by atoms with E-state index in [-0.39, 0.29) is 17.1 Å². The van der Waals surface area contributed by atoms with Crippen LogP contribution in [-0.2, 0) is 0 Å². The molecule has 0 fully saturated rings. The Morgan fingerprint density at radius 3 is 2.77 bits per heavy atom. The SMILES string of the molecule is NCC(O)c1cc(Br)c(Cl)cc1F. The van der Waals surface area contributed by atoms with Gasteiger partial charge in [0.25, 0.3) is 0 Å². The predicted octanol–water partition coefficient (Wildman–Crippen LogP) is 2.23. The Bertz CT molecular complexity index is 321. The molecule has 1 rings (SSSR count). The third-order valence-corrected chi connectivity index (χ3v) is 2.82. The van der Waals surface area contributed by atoms with Crippen molar-refractivity contribution in [2.24, 2.45) is 5.73 Å². The first kappa shape index (κ1) is 10.9. The van der Waals surface area contributed by atoms with Gasteiger partial charge in [-0.2, -0.15) is 0 Å². The second-order valence-corrected chi connectivity index (χ2v) is 3.80. The Kier molecular flexibility index (Phi) is 3.67. The second-order valence-electron chi connectivity index (χ2n) is 2.54. The first-order valence-electron chi connectivity index (χ1n) is 3.59. The molecule has 5 heteroatoms. The topological polar surface area (TPSA) is 46.2 Å². The summed E-state index contributed by atoms with van der Waals surface area (Å²) in [6.07, 6.45) is -0.992. The van der Waals surface area contributed by atoms with Gasteiger partial charge in [0.1, 0.15) is 5.82 Å². The average molecular weight is 269 g/mol. The summed E-state index contributed by atoms with van der Waals surface area (Å²) in [5, 5.41) is 9.57. The van der Waals surface area contributed by atoms with Gasteiger partial charge in [0.2, 0.25) is 0 Å². The summed E-state index contributed by atoms with van der Waals surface area (Å²) in [6, 6.07) is 2.56. The highest BCUT2D eigenvalue weighted by molar-refractivity contribution is 9.10. The van der Waals surface area contributed by atoms with Crippen molar-refractivity contribution in [3.63, 3.8) is 0 Å². The summed E-state index contributed by atoms with van der Waals surface area (Å²) in [7, 11) is 0.